The molecule has 0 aliphatic rings. The molecule has 2 aromatic rings. The average Bonchev–Trinajstić information content (AvgIpc) is 2.90. The van der Waals surface area contributed by atoms with E-state index < -0.39 is 34.7 Å². The first kappa shape index (κ1) is 33.9. The molecular weight excluding hydrogens is 532 g/mol. The van der Waals surface area contributed by atoms with Crippen LogP contribution in [0, 0.1) is 11.8 Å². The average molecular weight is 579 g/mol. The zero-order valence-corrected chi connectivity index (χ0v) is 25.5. The van der Waals surface area contributed by atoms with Gasteiger partial charge in [0.15, 0.2) is 17.2 Å². The monoisotopic (exact) mass is 578 g/mol. The molecule has 0 bridgehead atoms. The van der Waals surface area contributed by atoms with E-state index in [1.165, 1.54) is 7.11 Å². The molecule has 0 radical (unpaired) electrons. The van der Waals surface area contributed by atoms with Gasteiger partial charge in [0.2, 0.25) is 0 Å². The fourth-order valence-corrected chi connectivity index (χ4v) is 4.41. The number of carbonyl (C=O) groups excluding carboxylic acids is 1. The number of alkyl carbamates (subject to hydrolysis) is 1. The molecule has 230 valence electrons. The summed E-state index contributed by atoms with van der Waals surface area (Å²) in [5.41, 5.74) is -1.11. The highest BCUT2D eigenvalue weighted by atomic mass is 16.6. The number of amides is 1. The van der Waals surface area contributed by atoms with E-state index in [0.29, 0.717) is 37.6 Å². The Morgan fingerprint density at radius 3 is 2.29 bits per heavy atom. The van der Waals surface area contributed by atoms with Crippen LogP contribution in [0.15, 0.2) is 27.8 Å². The first-order chi connectivity index (χ1) is 19.3. The highest BCUT2D eigenvalue weighted by Crippen LogP contribution is 2.31. The molecule has 3 atom stereocenters. The van der Waals surface area contributed by atoms with E-state index in [4.69, 9.17) is 23.7 Å². The molecule has 0 aromatic heterocycles. The molecule has 0 spiro atoms. The van der Waals surface area contributed by atoms with Crippen LogP contribution in [0.3, 0.4) is 0 Å². The zero-order valence-electron chi connectivity index (χ0n) is 25.5. The van der Waals surface area contributed by atoms with Crippen molar-refractivity contribution in [2.75, 3.05) is 46.4 Å². The van der Waals surface area contributed by atoms with Gasteiger partial charge in [0, 0.05) is 26.7 Å². The minimum absolute atomic E-state index is 0.0178. The topological polar surface area (TPSA) is 142 Å². The first-order valence-electron chi connectivity index (χ1n) is 13.9. The Labute approximate surface area is 242 Å². The van der Waals surface area contributed by atoms with Crippen LogP contribution in [0.5, 0.6) is 17.2 Å². The molecule has 0 saturated heterocycles. The number of hydrogen-bond donors (Lipinski definition) is 3. The molecule has 0 heterocycles. The molecule has 0 saturated carbocycles. The van der Waals surface area contributed by atoms with E-state index in [1.54, 1.807) is 35.0 Å². The third-order valence-electron chi connectivity index (χ3n) is 6.70. The van der Waals surface area contributed by atoms with Crippen molar-refractivity contribution < 1.29 is 33.6 Å². The quantitative estimate of drug-likeness (QED) is 0.189. The van der Waals surface area contributed by atoms with Gasteiger partial charge >= 0.3 is 6.09 Å². The van der Waals surface area contributed by atoms with Crippen molar-refractivity contribution in [2.45, 2.75) is 71.6 Å². The maximum absolute atomic E-state index is 12.7. The molecule has 0 aliphatic carbocycles. The van der Waals surface area contributed by atoms with Crippen molar-refractivity contribution in [1.29, 1.82) is 0 Å². The predicted octanol–water partition coefficient (Wildman–Crippen LogP) is 3.29. The Hall–Kier alpha value is -3.31. The Morgan fingerprint density at radius 2 is 1.71 bits per heavy atom. The molecule has 0 fully saturated rings. The minimum Gasteiger partial charge on any atom is -0.493 e. The lowest BCUT2D eigenvalue weighted by Crippen LogP contribution is -2.49. The summed E-state index contributed by atoms with van der Waals surface area (Å²) in [6.45, 7) is 10.4. The van der Waals surface area contributed by atoms with Gasteiger partial charge < -0.3 is 39.4 Å². The van der Waals surface area contributed by atoms with Crippen molar-refractivity contribution in [1.82, 2.24) is 5.32 Å². The van der Waals surface area contributed by atoms with E-state index in [2.05, 4.69) is 24.5 Å². The maximum atomic E-state index is 12.7. The smallest absolute Gasteiger partial charge is 0.407 e. The van der Waals surface area contributed by atoms with Crippen molar-refractivity contribution in [3.63, 3.8) is 0 Å². The Balaban J connectivity index is 2.23. The van der Waals surface area contributed by atoms with Crippen molar-refractivity contribution >= 4 is 11.8 Å². The lowest BCUT2D eigenvalue weighted by Gasteiger charge is -2.31. The summed E-state index contributed by atoms with van der Waals surface area (Å²) in [7, 11) is 4.54. The SMILES string of the molecule is COCCCOc1cc(C[C@@H](C[C@H](NC(=O)OC(C)(C)C)[C@@H](O)CNc2c(OC)c(=O)c2=O)C(C)C)ccc1OC. The second-order valence-corrected chi connectivity index (χ2v) is 11.4. The number of ether oxygens (including phenoxy) is 5. The van der Waals surface area contributed by atoms with E-state index in [1.807, 2.05) is 18.2 Å². The van der Waals surface area contributed by atoms with Gasteiger partial charge in [0.25, 0.3) is 10.9 Å². The summed E-state index contributed by atoms with van der Waals surface area (Å²) in [6.07, 6.45) is 0.0406. The fourth-order valence-electron chi connectivity index (χ4n) is 4.41. The molecule has 1 amide bonds. The van der Waals surface area contributed by atoms with E-state index >= 15 is 0 Å². The van der Waals surface area contributed by atoms with Crippen molar-refractivity contribution in [2.24, 2.45) is 11.8 Å². The van der Waals surface area contributed by atoms with E-state index in [0.717, 1.165) is 12.0 Å². The molecule has 0 aliphatic heterocycles. The third kappa shape index (κ3) is 10.2. The molecule has 11 heteroatoms. The molecule has 3 N–H and O–H groups in total. The number of rotatable bonds is 17. The van der Waals surface area contributed by atoms with Crippen molar-refractivity contribution in [3.05, 3.63) is 44.2 Å². The van der Waals surface area contributed by atoms with Gasteiger partial charge in [-0.15, -0.1) is 0 Å². The van der Waals surface area contributed by atoms with E-state index in [-0.39, 0.29) is 29.8 Å². The number of benzene rings is 1. The predicted molar refractivity (Wildman–Crippen MR) is 157 cm³/mol. The van der Waals surface area contributed by atoms with Crippen LogP contribution in [0.2, 0.25) is 0 Å². The summed E-state index contributed by atoms with van der Waals surface area (Å²) >= 11 is 0. The van der Waals surface area contributed by atoms with Gasteiger partial charge in [-0.3, -0.25) is 9.59 Å². The Bertz CT molecular complexity index is 1180. The number of aliphatic hydroxyl groups is 1. The number of aliphatic hydroxyl groups excluding tert-OH is 1. The summed E-state index contributed by atoms with van der Waals surface area (Å²) in [5, 5.41) is 16.8. The van der Waals surface area contributed by atoms with Gasteiger partial charge in [-0.2, -0.15) is 0 Å². The molecule has 2 aromatic carbocycles. The van der Waals surface area contributed by atoms with Crippen LogP contribution in [-0.2, 0) is 15.9 Å². The minimum atomic E-state index is -1.10. The first-order valence-corrected chi connectivity index (χ1v) is 13.9. The fraction of sp³-hybridized carbons (Fsp3) is 0.633. The third-order valence-corrected chi connectivity index (χ3v) is 6.70. The maximum Gasteiger partial charge on any atom is 0.407 e. The molecular formula is C30H46N2O9. The second-order valence-electron chi connectivity index (χ2n) is 11.4. The zero-order chi connectivity index (χ0) is 30.7. The number of methoxy groups -OCH3 is 3. The van der Waals surface area contributed by atoms with Crippen LogP contribution in [0.25, 0.3) is 0 Å². The lowest BCUT2D eigenvalue weighted by molar-refractivity contribution is 0.0404. The Kier molecular flexibility index (Phi) is 12.9. The standard InChI is InChI=1S/C30H46N2O9/c1-18(2)20(14-19-10-11-23(38-7)24(15-19)40-13-9-12-37-6)16-21(32-29(36)41-30(3,4)5)22(33)17-31-25-26(34)27(35)28(25)39-8/h10-11,15,18,20-22,31,33H,9,12-14,16-17H2,1-8H3,(H,32,36)/t20-,21-,22-/m0/s1. The second kappa shape index (κ2) is 15.6. The summed E-state index contributed by atoms with van der Waals surface area (Å²) in [5.74, 6) is 1.43. The largest absolute Gasteiger partial charge is 0.493 e. The number of nitrogens with one attached hydrogen (secondary N) is 2. The van der Waals surface area contributed by atoms with E-state index in [9.17, 15) is 19.5 Å². The van der Waals surface area contributed by atoms with Gasteiger partial charge in [-0.25, -0.2) is 4.79 Å². The molecule has 2 rings (SSSR count). The molecule has 41 heavy (non-hydrogen) atoms. The summed E-state index contributed by atoms with van der Waals surface area (Å²) in [6, 6.07) is 5.08. The van der Waals surface area contributed by atoms with Gasteiger partial charge in [0.1, 0.15) is 11.3 Å². The summed E-state index contributed by atoms with van der Waals surface area (Å²) in [4.78, 5) is 36.3. The van der Waals surface area contributed by atoms with Gasteiger partial charge in [-0.1, -0.05) is 19.9 Å². The molecule has 11 nitrogen and oxygen atoms in total. The van der Waals surface area contributed by atoms with Crippen LogP contribution in [0.1, 0.15) is 53.0 Å². The van der Waals surface area contributed by atoms with Crippen LogP contribution in [0.4, 0.5) is 10.5 Å². The van der Waals surface area contributed by atoms with Crippen molar-refractivity contribution in [3.8, 4) is 17.2 Å². The summed E-state index contributed by atoms with van der Waals surface area (Å²) < 4.78 is 26.9. The van der Waals surface area contributed by atoms with Crippen LogP contribution in [-0.4, -0.2) is 70.0 Å². The molecule has 0 unspecified atom stereocenters. The normalized spacial score (nSPS) is 13.9. The lowest BCUT2D eigenvalue weighted by atomic mass is 9.83. The van der Waals surface area contributed by atoms with Crippen LogP contribution >= 0.6 is 0 Å². The number of hydrogen-bond acceptors (Lipinski definition) is 10. The van der Waals surface area contributed by atoms with Crippen LogP contribution < -0.4 is 35.7 Å². The number of anilines is 1. The van der Waals surface area contributed by atoms with Gasteiger partial charge in [0.05, 0.1) is 33.0 Å². The number of carbonyl (C=O) groups is 1. The Morgan fingerprint density at radius 1 is 1.00 bits per heavy atom. The highest BCUT2D eigenvalue weighted by molar-refractivity contribution is 5.68. The van der Waals surface area contributed by atoms with Gasteiger partial charge in [-0.05, 0) is 63.1 Å². The highest BCUT2D eigenvalue weighted by Gasteiger charge is 2.30.